The fourth-order valence-corrected chi connectivity index (χ4v) is 5.54. The number of hydrogen-bond donors (Lipinski definition) is 1. The van der Waals surface area contributed by atoms with E-state index in [-0.39, 0.29) is 18.9 Å². The molecule has 0 unspecified atom stereocenters. The van der Waals surface area contributed by atoms with E-state index in [9.17, 15) is 18.0 Å². The van der Waals surface area contributed by atoms with Crippen molar-refractivity contribution in [1.82, 2.24) is 14.5 Å². The van der Waals surface area contributed by atoms with Crippen molar-refractivity contribution >= 4 is 27.7 Å². The maximum atomic E-state index is 14.2. The second kappa shape index (κ2) is 13.6. The Kier molecular flexibility index (Phi) is 10.5. The third kappa shape index (κ3) is 7.70. The molecule has 0 heterocycles. The number of likely N-dealkylation sites (N-methyl/N-ethyl adjacent to an activating group) is 1. The van der Waals surface area contributed by atoms with E-state index in [0.717, 1.165) is 36.4 Å². The van der Waals surface area contributed by atoms with Crippen molar-refractivity contribution < 1.29 is 18.0 Å². The Morgan fingerprint density at radius 3 is 2.08 bits per heavy atom. The van der Waals surface area contributed by atoms with Gasteiger partial charge in [0.15, 0.2) is 0 Å². The smallest absolute Gasteiger partial charge is 0.304 e. The molecular formula is C31H40N4O4S. The number of benzene rings is 3. The third-order valence-corrected chi connectivity index (χ3v) is 8.55. The number of anilines is 1. The first kappa shape index (κ1) is 30.8. The molecule has 0 fully saturated rings. The number of carbonyl (C=O) groups excluding carboxylic acids is 2. The molecule has 0 radical (unpaired) electrons. The first-order valence-corrected chi connectivity index (χ1v) is 14.8. The lowest BCUT2D eigenvalue weighted by Gasteiger charge is -2.34. The van der Waals surface area contributed by atoms with Gasteiger partial charge in [0.2, 0.25) is 11.8 Å². The number of rotatable bonds is 12. The van der Waals surface area contributed by atoms with Crippen LogP contribution < -0.4 is 9.62 Å². The topological polar surface area (TPSA) is 90.0 Å². The Hall–Kier alpha value is -3.69. The molecule has 0 aliphatic rings. The molecule has 214 valence electrons. The zero-order valence-electron chi connectivity index (χ0n) is 24.2. The summed E-state index contributed by atoms with van der Waals surface area (Å²) >= 11 is 0. The summed E-state index contributed by atoms with van der Waals surface area (Å²) in [7, 11) is -1.16. The molecule has 3 aromatic rings. The van der Waals surface area contributed by atoms with E-state index in [1.165, 1.54) is 19.0 Å². The van der Waals surface area contributed by atoms with Gasteiger partial charge in [-0.15, -0.1) is 0 Å². The highest BCUT2D eigenvalue weighted by Crippen LogP contribution is 2.26. The summed E-state index contributed by atoms with van der Waals surface area (Å²) in [6.45, 7) is 7.59. The fourth-order valence-electron chi connectivity index (χ4n) is 4.43. The Morgan fingerprint density at radius 2 is 1.48 bits per heavy atom. The molecule has 1 N–H and O–H groups in total. The average molecular weight is 565 g/mol. The molecule has 0 bridgehead atoms. The third-order valence-electron chi connectivity index (χ3n) is 6.75. The number of nitrogens with one attached hydrogen (secondary N) is 1. The van der Waals surface area contributed by atoms with Gasteiger partial charge >= 0.3 is 10.2 Å². The summed E-state index contributed by atoms with van der Waals surface area (Å²) in [4.78, 5) is 29.2. The van der Waals surface area contributed by atoms with Crippen LogP contribution in [0, 0.1) is 20.8 Å². The molecule has 0 aliphatic carbocycles. The van der Waals surface area contributed by atoms with Gasteiger partial charge in [0, 0.05) is 33.6 Å². The summed E-state index contributed by atoms with van der Waals surface area (Å²) in [5.74, 6) is -0.764. The lowest BCUT2D eigenvalue weighted by Crippen LogP contribution is -2.54. The number of hydrogen-bond acceptors (Lipinski definition) is 4. The Bertz CT molecular complexity index is 1410. The molecule has 9 heteroatoms. The first-order chi connectivity index (χ1) is 18.9. The zero-order chi connectivity index (χ0) is 29.4. The SMILES string of the molecule is CCNC(=O)[C@H](Cc1ccccc1)N(Cc1ccc(C)cc1)C(=O)CN(c1cc(C)ccc1C)S(=O)(=O)N(C)C. The largest absolute Gasteiger partial charge is 0.355 e. The fraction of sp³-hybridized carbons (Fsp3) is 0.355. The van der Waals surface area contributed by atoms with Gasteiger partial charge in [-0.3, -0.25) is 9.59 Å². The van der Waals surface area contributed by atoms with Crippen LogP contribution in [0.15, 0.2) is 72.8 Å². The molecule has 0 saturated heterocycles. The minimum Gasteiger partial charge on any atom is -0.355 e. The normalized spacial score (nSPS) is 12.2. The van der Waals surface area contributed by atoms with Crippen LogP contribution >= 0.6 is 0 Å². The average Bonchev–Trinajstić information content (AvgIpc) is 2.92. The minimum atomic E-state index is -4.03. The highest BCUT2D eigenvalue weighted by atomic mass is 32.2. The summed E-state index contributed by atoms with van der Waals surface area (Å²) in [5, 5.41) is 2.87. The molecule has 0 aromatic heterocycles. The molecule has 0 spiro atoms. The monoisotopic (exact) mass is 564 g/mol. The highest BCUT2D eigenvalue weighted by molar-refractivity contribution is 7.90. The second-order valence-corrected chi connectivity index (χ2v) is 12.3. The van der Waals surface area contributed by atoms with Crippen molar-refractivity contribution in [3.8, 4) is 0 Å². The van der Waals surface area contributed by atoms with E-state index in [2.05, 4.69) is 5.32 Å². The van der Waals surface area contributed by atoms with Crippen LogP contribution in [0.5, 0.6) is 0 Å². The van der Waals surface area contributed by atoms with Gasteiger partial charge in [-0.1, -0.05) is 72.3 Å². The number of carbonyl (C=O) groups is 2. The zero-order valence-corrected chi connectivity index (χ0v) is 25.0. The molecular weight excluding hydrogens is 524 g/mol. The van der Waals surface area contributed by atoms with Crippen molar-refractivity contribution in [2.24, 2.45) is 0 Å². The van der Waals surface area contributed by atoms with Crippen LogP contribution in [0.2, 0.25) is 0 Å². The van der Waals surface area contributed by atoms with Crippen molar-refractivity contribution in [1.29, 1.82) is 0 Å². The van der Waals surface area contributed by atoms with E-state index < -0.39 is 28.7 Å². The van der Waals surface area contributed by atoms with Crippen LogP contribution in [0.1, 0.15) is 34.7 Å². The quantitative estimate of drug-likeness (QED) is 0.360. The van der Waals surface area contributed by atoms with E-state index in [4.69, 9.17) is 0 Å². The number of nitrogens with zero attached hydrogens (tertiary/aromatic N) is 3. The summed E-state index contributed by atoms with van der Waals surface area (Å²) in [6.07, 6.45) is 0.286. The molecule has 1 atom stereocenters. The van der Waals surface area contributed by atoms with Gasteiger partial charge in [0.25, 0.3) is 0 Å². The maximum absolute atomic E-state index is 14.2. The van der Waals surface area contributed by atoms with Gasteiger partial charge in [0.1, 0.15) is 12.6 Å². The van der Waals surface area contributed by atoms with E-state index >= 15 is 0 Å². The van der Waals surface area contributed by atoms with Gasteiger partial charge in [-0.2, -0.15) is 12.7 Å². The molecule has 3 aromatic carbocycles. The van der Waals surface area contributed by atoms with Crippen LogP contribution in [-0.4, -0.2) is 62.7 Å². The minimum absolute atomic E-state index is 0.149. The summed E-state index contributed by atoms with van der Waals surface area (Å²) in [5.41, 5.74) is 4.83. The van der Waals surface area contributed by atoms with Gasteiger partial charge in [0.05, 0.1) is 5.69 Å². The predicted molar refractivity (Wildman–Crippen MR) is 160 cm³/mol. The van der Waals surface area contributed by atoms with Gasteiger partial charge in [-0.25, -0.2) is 4.31 Å². The summed E-state index contributed by atoms with van der Waals surface area (Å²) in [6, 6.07) is 21.9. The lowest BCUT2D eigenvalue weighted by molar-refractivity contribution is -0.140. The molecule has 3 rings (SSSR count). The van der Waals surface area contributed by atoms with E-state index in [1.54, 1.807) is 6.07 Å². The summed E-state index contributed by atoms with van der Waals surface area (Å²) < 4.78 is 29.3. The van der Waals surface area contributed by atoms with Crippen molar-refractivity contribution in [3.63, 3.8) is 0 Å². The standard InChI is InChI=1S/C31H40N4O4S/c1-7-32-31(37)29(20-26-11-9-8-10-12-26)34(21-27-17-14-23(2)15-18-27)30(36)22-35(40(38,39)33(5)6)28-19-24(3)13-16-25(28)4/h8-19,29H,7,20-22H2,1-6H3,(H,32,37)/t29-/m0/s1. The number of aryl methyl sites for hydroxylation is 3. The van der Waals surface area contributed by atoms with Crippen LogP contribution in [0.25, 0.3) is 0 Å². The van der Waals surface area contributed by atoms with Crippen LogP contribution in [0.3, 0.4) is 0 Å². The van der Waals surface area contributed by atoms with Gasteiger partial charge < -0.3 is 10.2 Å². The van der Waals surface area contributed by atoms with Crippen molar-refractivity contribution in [2.75, 3.05) is 31.5 Å². The second-order valence-electron chi connectivity index (χ2n) is 10.2. The molecule has 40 heavy (non-hydrogen) atoms. The van der Waals surface area contributed by atoms with Crippen molar-refractivity contribution in [2.45, 2.75) is 46.7 Å². The Morgan fingerprint density at radius 1 is 0.850 bits per heavy atom. The Balaban J connectivity index is 2.11. The predicted octanol–water partition coefficient (Wildman–Crippen LogP) is 4.00. The van der Waals surface area contributed by atoms with E-state index in [0.29, 0.717) is 12.2 Å². The maximum Gasteiger partial charge on any atom is 0.304 e. The molecule has 0 aliphatic heterocycles. The Labute approximate surface area is 238 Å². The molecule has 0 saturated carbocycles. The number of amides is 2. The van der Waals surface area contributed by atoms with Crippen LogP contribution in [-0.2, 0) is 32.8 Å². The molecule has 2 amide bonds. The first-order valence-electron chi connectivity index (χ1n) is 13.4. The van der Waals surface area contributed by atoms with E-state index in [1.807, 2.05) is 94.4 Å². The van der Waals surface area contributed by atoms with Gasteiger partial charge in [-0.05, 0) is 56.0 Å². The van der Waals surface area contributed by atoms with Crippen LogP contribution in [0.4, 0.5) is 5.69 Å². The van der Waals surface area contributed by atoms with Crippen molar-refractivity contribution in [3.05, 3.63) is 101 Å². The lowest BCUT2D eigenvalue weighted by atomic mass is 10.0. The molecule has 8 nitrogen and oxygen atoms in total. The highest BCUT2D eigenvalue weighted by Gasteiger charge is 2.35.